The molecule has 2 unspecified atom stereocenters. The lowest BCUT2D eigenvalue weighted by Gasteiger charge is -2.28. The van der Waals surface area contributed by atoms with Crippen LogP contribution in [-0.4, -0.2) is 52.6 Å². The summed E-state index contributed by atoms with van der Waals surface area (Å²) in [5.74, 6) is 0.923. The Bertz CT molecular complexity index is 3000. The molecule has 0 amide bonds. The molecular weight excluding hydrogens is 1000 g/mol. The molecular formula is C63H67F3N2O8S. The largest absolute Gasteiger partial charge is 0.473 e. The number of carbonyl (C=O) groups is 2. The van der Waals surface area contributed by atoms with Gasteiger partial charge in [-0.3, -0.25) is 9.59 Å². The van der Waals surface area contributed by atoms with Gasteiger partial charge in [-0.25, -0.2) is 18.7 Å². The second kappa shape index (κ2) is 21.9. The average Bonchev–Trinajstić information content (AvgIpc) is 4.31. The van der Waals surface area contributed by atoms with Gasteiger partial charge < -0.3 is 28.4 Å². The molecule has 0 N–H and O–H groups in total. The van der Waals surface area contributed by atoms with Crippen LogP contribution < -0.4 is 9.47 Å². The molecule has 6 aliphatic rings. The van der Waals surface area contributed by atoms with E-state index in [1.807, 2.05) is 102 Å². The lowest BCUT2D eigenvalue weighted by molar-refractivity contribution is -0.158. The van der Waals surface area contributed by atoms with Crippen molar-refractivity contribution in [1.82, 2.24) is 9.97 Å². The van der Waals surface area contributed by atoms with Gasteiger partial charge in [-0.2, -0.15) is 3.89 Å². The lowest BCUT2D eigenvalue weighted by Crippen LogP contribution is -2.26. The van der Waals surface area contributed by atoms with Crippen LogP contribution >= 0.6 is 12.1 Å². The third-order valence-electron chi connectivity index (χ3n) is 15.5. The zero-order valence-electron chi connectivity index (χ0n) is 45.2. The van der Waals surface area contributed by atoms with E-state index in [0.29, 0.717) is 48.9 Å². The molecule has 6 aromatic rings. The molecule has 2 aromatic heterocycles. The van der Waals surface area contributed by atoms with Crippen LogP contribution in [0.25, 0.3) is 0 Å². The molecule has 404 valence electrons. The minimum Gasteiger partial charge on any atom is -0.473 e. The first-order chi connectivity index (χ1) is 36.8. The van der Waals surface area contributed by atoms with E-state index in [1.54, 1.807) is 12.1 Å². The van der Waals surface area contributed by atoms with Gasteiger partial charge in [-0.05, 0) is 184 Å². The Kier molecular flexibility index (Phi) is 15.4. The van der Waals surface area contributed by atoms with Gasteiger partial charge >= 0.3 is 11.9 Å². The summed E-state index contributed by atoms with van der Waals surface area (Å²) in [5.41, 5.74) is 13.0. The Morgan fingerprint density at radius 3 is 1.35 bits per heavy atom. The van der Waals surface area contributed by atoms with Crippen molar-refractivity contribution in [3.63, 3.8) is 0 Å². The maximum atomic E-state index is 15.0. The van der Waals surface area contributed by atoms with Gasteiger partial charge in [0.15, 0.2) is 0 Å². The number of esters is 2. The van der Waals surface area contributed by atoms with Crippen molar-refractivity contribution in [1.29, 1.82) is 0 Å². The molecule has 77 heavy (non-hydrogen) atoms. The molecule has 2 aliphatic heterocycles. The summed E-state index contributed by atoms with van der Waals surface area (Å²) in [4.78, 5) is 34.0. The number of rotatable bonds is 10. The highest BCUT2D eigenvalue weighted by Crippen LogP contribution is 2.63. The van der Waals surface area contributed by atoms with Crippen LogP contribution in [0, 0.1) is 49.2 Å². The molecule has 4 aromatic carbocycles. The van der Waals surface area contributed by atoms with E-state index in [9.17, 15) is 13.5 Å². The maximum absolute atomic E-state index is 15.0. The second-order valence-electron chi connectivity index (χ2n) is 23.1. The zero-order chi connectivity index (χ0) is 54.5. The number of ether oxygens (including phenoxy) is 6. The number of aryl methyl sites for hydroxylation is 2. The standard InChI is InChI=1S/2C31H32FNO4.CH3FS/c2*1-17-7-5-6-8-21(17)29-22-12-20(25(32)13-18(22)9-10-35-29)16-36-26-14-19-11-23-27(24(19)15-33-26)28(23)30(34)37-31(2,3)4;1-3-2/h2*5-8,12-15,23,27-29H,9-11,16H2,1-4H3;1H3/t2*23-,27-,28+,29?;/m11./s1. The topological polar surface area (TPSA) is 115 Å². The van der Waals surface area contributed by atoms with Crippen LogP contribution in [-0.2, 0) is 67.4 Å². The monoisotopic (exact) mass is 1070 g/mol. The molecule has 0 saturated heterocycles. The van der Waals surface area contributed by atoms with Crippen LogP contribution in [0.5, 0.6) is 11.8 Å². The van der Waals surface area contributed by atoms with Crippen LogP contribution in [0.3, 0.4) is 0 Å². The van der Waals surface area contributed by atoms with Gasteiger partial charge in [-0.15, -0.1) is 0 Å². The number of hydrogen-bond donors (Lipinski definition) is 0. The predicted octanol–water partition coefficient (Wildman–Crippen LogP) is 13.2. The van der Waals surface area contributed by atoms with Gasteiger partial charge in [0.05, 0.1) is 25.0 Å². The molecule has 4 heterocycles. The molecule has 2 saturated carbocycles. The minimum absolute atomic E-state index is 0.0756. The van der Waals surface area contributed by atoms with Crippen LogP contribution in [0.4, 0.5) is 12.7 Å². The van der Waals surface area contributed by atoms with Gasteiger partial charge in [0, 0.05) is 65.9 Å². The Balaban J connectivity index is 0.000000166. The van der Waals surface area contributed by atoms with Gasteiger partial charge in [-0.1, -0.05) is 48.5 Å². The number of pyridine rings is 2. The first-order valence-electron chi connectivity index (χ1n) is 26.6. The van der Waals surface area contributed by atoms with Gasteiger partial charge in [0.2, 0.25) is 11.8 Å². The second-order valence-corrected chi connectivity index (χ2v) is 23.4. The van der Waals surface area contributed by atoms with E-state index in [1.165, 1.54) is 6.26 Å². The van der Waals surface area contributed by atoms with E-state index in [4.69, 9.17) is 28.4 Å². The molecule has 4 aliphatic carbocycles. The summed E-state index contributed by atoms with van der Waals surface area (Å²) in [6.07, 6.45) is 7.57. The number of nitrogens with zero attached hydrogens (tertiary/aromatic N) is 2. The Morgan fingerprint density at radius 1 is 0.584 bits per heavy atom. The zero-order valence-corrected chi connectivity index (χ0v) is 46.0. The van der Waals surface area contributed by atoms with Crippen LogP contribution in [0.1, 0.15) is 143 Å². The number of hydrogen-bond acceptors (Lipinski definition) is 11. The van der Waals surface area contributed by atoms with E-state index in [-0.39, 0.29) is 96.7 Å². The third-order valence-corrected chi connectivity index (χ3v) is 15.5. The fourth-order valence-electron chi connectivity index (χ4n) is 11.9. The number of benzene rings is 4. The van der Waals surface area contributed by atoms with Crippen molar-refractivity contribution in [2.75, 3.05) is 19.5 Å². The molecule has 8 atom stereocenters. The number of fused-ring (bicyclic) bond motifs is 8. The highest BCUT2D eigenvalue weighted by Gasteiger charge is 2.62. The predicted molar refractivity (Wildman–Crippen MR) is 288 cm³/mol. The maximum Gasteiger partial charge on any atom is 0.310 e. The summed E-state index contributed by atoms with van der Waals surface area (Å²) in [6.45, 7) is 16.8. The third kappa shape index (κ3) is 11.7. The van der Waals surface area contributed by atoms with Crippen molar-refractivity contribution >= 4 is 24.1 Å². The van der Waals surface area contributed by atoms with Crippen LogP contribution in [0.15, 0.2) is 97.3 Å². The Labute approximate surface area is 454 Å². The normalized spacial score (nSPS) is 22.9. The average molecular weight is 1070 g/mol. The number of carbonyl (C=O) groups excluding carboxylic acids is 2. The highest BCUT2D eigenvalue weighted by molar-refractivity contribution is 7.93. The van der Waals surface area contributed by atoms with Crippen LogP contribution in [0.2, 0.25) is 0 Å². The molecule has 0 radical (unpaired) electrons. The first kappa shape index (κ1) is 54.1. The van der Waals surface area contributed by atoms with Crippen molar-refractivity contribution < 1.29 is 50.7 Å². The summed E-state index contributed by atoms with van der Waals surface area (Å²) in [7, 11) is 0. The fourth-order valence-corrected chi connectivity index (χ4v) is 11.9. The Morgan fingerprint density at radius 2 is 0.974 bits per heavy atom. The van der Waals surface area contributed by atoms with E-state index in [2.05, 4.69) is 48.1 Å². The quantitative estimate of drug-likeness (QED) is 0.122. The molecule has 2 fully saturated rings. The molecule has 14 heteroatoms. The summed E-state index contributed by atoms with van der Waals surface area (Å²) in [6, 6.07) is 27.2. The van der Waals surface area contributed by atoms with Gasteiger partial charge in [0.25, 0.3) is 0 Å². The summed E-state index contributed by atoms with van der Waals surface area (Å²) in [5, 5.41) is 0. The SMILES string of the molecule is CSF.Cc1ccccc1C1OCCc2cc(F)c(COc3cc4c(cn3)[C@H]3[C@@H](C4)[C@@H]3C(=O)OC(C)(C)C)cc21.Cc1ccccc1C1OCCc2cc(F)c(COc3cc4c(cn3)[C@H]3[C@@H](C4)[C@@H]3C(=O)OC(C)(C)C)cc21. The van der Waals surface area contributed by atoms with Crippen molar-refractivity contribution in [2.45, 2.75) is 130 Å². The first-order valence-corrected chi connectivity index (χ1v) is 27.7. The van der Waals surface area contributed by atoms with Crippen molar-refractivity contribution in [3.8, 4) is 11.8 Å². The molecule has 0 bridgehead atoms. The molecule has 0 spiro atoms. The highest BCUT2D eigenvalue weighted by atomic mass is 32.2. The summed E-state index contributed by atoms with van der Waals surface area (Å²) >= 11 is 0.250. The smallest absolute Gasteiger partial charge is 0.310 e. The number of aromatic nitrogens is 2. The fraction of sp³-hybridized carbons (Fsp3) is 0.429. The van der Waals surface area contributed by atoms with E-state index < -0.39 is 11.2 Å². The van der Waals surface area contributed by atoms with E-state index >= 15 is 8.78 Å². The number of halogens is 3. The molecule has 12 rings (SSSR count). The van der Waals surface area contributed by atoms with Gasteiger partial charge in [0.1, 0.15) is 48.3 Å². The van der Waals surface area contributed by atoms with E-state index in [0.717, 1.165) is 79.6 Å². The Hall–Kier alpha value is -6.22. The lowest BCUT2D eigenvalue weighted by atomic mass is 9.89. The van der Waals surface area contributed by atoms with Crippen molar-refractivity contribution in [3.05, 3.63) is 187 Å². The molecule has 10 nitrogen and oxygen atoms in total. The minimum atomic E-state index is -0.481. The van der Waals surface area contributed by atoms with Crippen molar-refractivity contribution in [2.24, 2.45) is 23.7 Å². The summed E-state index contributed by atoms with van der Waals surface area (Å²) < 4.78 is 75.6.